The third kappa shape index (κ3) is 2.76. The number of imidazole rings is 1. The van der Waals surface area contributed by atoms with E-state index >= 15 is 0 Å². The molecule has 6 heteroatoms. The Kier molecular flexibility index (Phi) is 3.72. The van der Waals surface area contributed by atoms with Crippen LogP contribution in [0.15, 0.2) is 48.9 Å². The van der Waals surface area contributed by atoms with E-state index in [1.54, 1.807) is 12.4 Å². The minimum Gasteiger partial charge on any atom is -0.384 e. The summed E-state index contributed by atoms with van der Waals surface area (Å²) >= 11 is 0. The maximum atomic E-state index is 12.0. The van der Waals surface area contributed by atoms with Crippen molar-refractivity contribution in [3.05, 3.63) is 54.5 Å². The highest BCUT2D eigenvalue weighted by Crippen LogP contribution is 2.29. The molecule has 0 spiro atoms. The van der Waals surface area contributed by atoms with Gasteiger partial charge in [0.2, 0.25) is 5.91 Å². The number of nitrogens with zero attached hydrogens (tertiary/aromatic N) is 4. The number of rotatable bonds is 3. The van der Waals surface area contributed by atoms with Crippen molar-refractivity contribution in [2.24, 2.45) is 0 Å². The molecule has 3 aromatic rings. The summed E-state index contributed by atoms with van der Waals surface area (Å²) in [6, 6.07) is 9.81. The first-order valence-corrected chi connectivity index (χ1v) is 8.30. The molecule has 1 saturated heterocycles. The molecule has 0 radical (unpaired) electrons. The predicted octanol–water partition coefficient (Wildman–Crippen LogP) is 2.95. The number of hydrogen-bond donors (Lipinski definition) is 1. The zero-order valence-electron chi connectivity index (χ0n) is 14.0. The van der Waals surface area contributed by atoms with Crippen LogP contribution in [0.5, 0.6) is 0 Å². The molecule has 4 rings (SSSR count). The van der Waals surface area contributed by atoms with Crippen LogP contribution in [0.2, 0.25) is 0 Å². The van der Waals surface area contributed by atoms with Gasteiger partial charge in [0.05, 0.1) is 0 Å². The van der Waals surface area contributed by atoms with Crippen LogP contribution < -0.4 is 10.6 Å². The second kappa shape index (κ2) is 6.05. The van der Waals surface area contributed by atoms with E-state index in [4.69, 9.17) is 5.73 Å². The van der Waals surface area contributed by atoms with Crippen LogP contribution >= 0.6 is 0 Å². The monoisotopic (exact) mass is 333 g/mol. The molecule has 0 unspecified atom stereocenters. The third-order valence-corrected chi connectivity index (χ3v) is 4.50. The lowest BCUT2D eigenvalue weighted by Gasteiger charge is -2.19. The van der Waals surface area contributed by atoms with E-state index in [0.717, 1.165) is 41.3 Å². The standard InChI is InChI=1S/C19H19N5O/c1-13-11-15(4-5-16(13)24-9-2-3-18(24)25)23-10-8-22-19(23)14-6-7-21-17(20)12-14/h4-8,10-12H,2-3,9H2,1H3,(H2,20,21). The van der Waals surface area contributed by atoms with E-state index in [0.29, 0.717) is 12.2 Å². The lowest BCUT2D eigenvalue weighted by molar-refractivity contribution is -0.117. The van der Waals surface area contributed by atoms with Crippen molar-refractivity contribution in [2.75, 3.05) is 17.2 Å². The first-order valence-electron chi connectivity index (χ1n) is 8.30. The van der Waals surface area contributed by atoms with Crippen LogP contribution in [0.25, 0.3) is 17.1 Å². The largest absolute Gasteiger partial charge is 0.384 e. The lowest BCUT2D eigenvalue weighted by Crippen LogP contribution is -2.24. The molecule has 1 aliphatic heterocycles. The van der Waals surface area contributed by atoms with Gasteiger partial charge in [-0.1, -0.05) is 0 Å². The van der Waals surface area contributed by atoms with Crippen LogP contribution in [-0.4, -0.2) is 27.0 Å². The fourth-order valence-electron chi connectivity index (χ4n) is 3.31. The van der Waals surface area contributed by atoms with Crippen molar-refractivity contribution in [3.8, 4) is 17.1 Å². The number of nitrogens with two attached hydrogens (primary N) is 1. The number of nitrogen functional groups attached to an aromatic ring is 1. The van der Waals surface area contributed by atoms with Crippen molar-refractivity contribution >= 4 is 17.4 Å². The summed E-state index contributed by atoms with van der Waals surface area (Å²) in [5.74, 6) is 1.47. The van der Waals surface area contributed by atoms with Gasteiger partial charge in [-0.25, -0.2) is 9.97 Å². The first kappa shape index (κ1) is 15.4. The summed E-state index contributed by atoms with van der Waals surface area (Å²) < 4.78 is 2.01. The Morgan fingerprint density at radius 3 is 2.72 bits per heavy atom. The van der Waals surface area contributed by atoms with Gasteiger partial charge >= 0.3 is 0 Å². The number of benzene rings is 1. The molecule has 6 nitrogen and oxygen atoms in total. The van der Waals surface area contributed by atoms with E-state index in [9.17, 15) is 4.79 Å². The van der Waals surface area contributed by atoms with Crippen LogP contribution in [0, 0.1) is 6.92 Å². The quantitative estimate of drug-likeness (QED) is 0.799. The molecule has 2 N–H and O–H groups in total. The molecule has 0 aliphatic carbocycles. The van der Waals surface area contributed by atoms with E-state index < -0.39 is 0 Å². The second-order valence-corrected chi connectivity index (χ2v) is 6.21. The van der Waals surface area contributed by atoms with Gasteiger partial charge in [-0.3, -0.25) is 9.36 Å². The number of hydrogen-bond acceptors (Lipinski definition) is 4. The van der Waals surface area contributed by atoms with E-state index in [1.807, 2.05) is 46.9 Å². The van der Waals surface area contributed by atoms with Crippen molar-refractivity contribution in [2.45, 2.75) is 19.8 Å². The van der Waals surface area contributed by atoms with Gasteiger partial charge in [-0.05, 0) is 49.2 Å². The van der Waals surface area contributed by atoms with Gasteiger partial charge in [0.1, 0.15) is 11.6 Å². The Bertz CT molecular complexity index is 946. The highest BCUT2D eigenvalue weighted by molar-refractivity contribution is 5.96. The molecular weight excluding hydrogens is 314 g/mol. The minimum atomic E-state index is 0.200. The zero-order valence-corrected chi connectivity index (χ0v) is 14.0. The average molecular weight is 333 g/mol. The summed E-state index contributed by atoms with van der Waals surface area (Å²) in [4.78, 5) is 22.4. The summed E-state index contributed by atoms with van der Waals surface area (Å²) in [6.45, 7) is 2.83. The fraction of sp³-hybridized carbons (Fsp3) is 0.211. The number of pyridine rings is 1. The van der Waals surface area contributed by atoms with Gasteiger partial charge in [0.15, 0.2) is 0 Å². The minimum absolute atomic E-state index is 0.200. The SMILES string of the molecule is Cc1cc(-n2ccnc2-c2ccnc(N)c2)ccc1N1CCCC1=O. The molecular formula is C19H19N5O. The van der Waals surface area contributed by atoms with Crippen molar-refractivity contribution in [1.82, 2.24) is 14.5 Å². The molecule has 126 valence electrons. The average Bonchev–Trinajstić information content (AvgIpc) is 3.24. The smallest absolute Gasteiger partial charge is 0.227 e. The molecule has 0 saturated carbocycles. The van der Waals surface area contributed by atoms with Gasteiger partial charge in [0, 0.05) is 48.5 Å². The van der Waals surface area contributed by atoms with Crippen LogP contribution in [-0.2, 0) is 4.79 Å². The van der Waals surface area contributed by atoms with E-state index in [-0.39, 0.29) is 5.91 Å². The highest BCUT2D eigenvalue weighted by atomic mass is 16.2. The van der Waals surface area contributed by atoms with Gasteiger partial charge in [-0.2, -0.15) is 0 Å². The van der Waals surface area contributed by atoms with Crippen molar-refractivity contribution in [1.29, 1.82) is 0 Å². The highest BCUT2D eigenvalue weighted by Gasteiger charge is 2.23. The topological polar surface area (TPSA) is 77.0 Å². The van der Waals surface area contributed by atoms with Crippen molar-refractivity contribution < 1.29 is 4.79 Å². The number of anilines is 2. The van der Waals surface area contributed by atoms with Gasteiger partial charge in [-0.15, -0.1) is 0 Å². The predicted molar refractivity (Wildman–Crippen MR) is 97.5 cm³/mol. The van der Waals surface area contributed by atoms with Crippen molar-refractivity contribution in [3.63, 3.8) is 0 Å². The van der Waals surface area contributed by atoms with Crippen LogP contribution in [0.1, 0.15) is 18.4 Å². The van der Waals surface area contributed by atoms with Gasteiger partial charge < -0.3 is 10.6 Å². The summed E-state index contributed by atoms with van der Waals surface area (Å²) in [5.41, 5.74) is 9.76. The van der Waals surface area contributed by atoms with Gasteiger partial charge in [0.25, 0.3) is 0 Å². The normalized spacial score (nSPS) is 14.3. The van der Waals surface area contributed by atoms with E-state index in [2.05, 4.69) is 16.0 Å². The maximum absolute atomic E-state index is 12.0. The summed E-state index contributed by atoms with van der Waals surface area (Å²) in [5, 5.41) is 0. The summed E-state index contributed by atoms with van der Waals surface area (Å²) in [7, 11) is 0. The summed E-state index contributed by atoms with van der Waals surface area (Å²) in [6.07, 6.45) is 6.92. The Hall–Kier alpha value is -3.15. The Morgan fingerprint density at radius 2 is 2.00 bits per heavy atom. The number of aromatic nitrogens is 3. The molecule has 1 amide bonds. The second-order valence-electron chi connectivity index (χ2n) is 6.21. The molecule has 0 atom stereocenters. The molecule has 0 bridgehead atoms. The zero-order chi connectivity index (χ0) is 17.4. The maximum Gasteiger partial charge on any atom is 0.227 e. The van der Waals surface area contributed by atoms with E-state index in [1.165, 1.54) is 0 Å². The van der Waals surface area contributed by atoms with Crippen LogP contribution in [0.3, 0.4) is 0 Å². The Balaban J connectivity index is 1.73. The molecule has 2 aromatic heterocycles. The molecule has 1 fully saturated rings. The molecule has 25 heavy (non-hydrogen) atoms. The molecule has 1 aromatic carbocycles. The molecule has 1 aliphatic rings. The Morgan fingerprint density at radius 1 is 1.12 bits per heavy atom. The Labute approximate surface area is 145 Å². The third-order valence-electron chi connectivity index (χ3n) is 4.50. The number of carbonyl (C=O) groups is 1. The fourth-order valence-corrected chi connectivity index (χ4v) is 3.31. The molecule has 3 heterocycles. The number of aryl methyl sites for hydroxylation is 1. The lowest BCUT2D eigenvalue weighted by atomic mass is 10.1. The first-order chi connectivity index (χ1) is 12.1. The number of amides is 1. The number of carbonyl (C=O) groups excluding carboxylic acids is 1. The van der Waals surface area contributed by atoms with Crippen LogP contribution in [0.4, 0.5) is 11.5 Å².